The molecule has 0 aliphatic carbocycles. The molecule has 49 heavy (non-hydrogen) atoms. The summed E-state index contributed by atoms with van der Waals surface area (Å²) in [5.74, 6) is 0.0993. The van der Waals surface area contributed by atoms with E-state index in [0.29, 0.717) is 40.3 Å². The van der Waals surface area contributed by atoms with Gasteiger partial charge in [0, 0.05) is 23.7 Å². The zero-order chi connectivity index (χ0) is 35.3. The van der Waals surface area contributed by atoms with Crippen molar-refractivity contribution in [3.8, 4) is 12.0 Å². The fourth-order valence-electron chi connectivity index (χ4n) is 4.74. The van der Waals surface area contributed by atoms with Crippen LogP contribution in [0.1, 0.15) is 62.0 Å². The normalized spacial score (nSPS) is 10.8. The second-order valence-corrected chi connectivity index (χ2v) is 12.3. The van der Waals surface area contributed by atoms with Crippen LogP contribution >= 0.6 is 15.9 Å². The van der Waals surface area contributed by atoms with Crippen molar-refractivity contribution in [3.05, 3.63) is 116 Å². The largest absolute Gasteiger partial charge is 0.467 e. The molecule has 0 unspecified atom stereocenters. The number of aromatic amines is 1. The molecular formula is C36H41BrN8O4. The van der Waals surface area contributed by atoms with E-state index in [1.54, 1.807) is 10.8 Å². The van der Waals surface area contributed by atoms with Crippen LogP contribution in [-0.2, 0) is 19.4 Å². The molecule has 0 aliphatic rings. The summed E-state index contributed by atoms with van der Waals surface area (Å²) in [4.78, 5) is 52.2. The van der Waals surface area contributed by atoms with Crippen molar-refractivity contribution in [2.24, 2.45) is 0 Å². The number of hydrogen-bond donors (Lipinski definition) is 1. The number of methoxy groups -OCH3 is 2. The Hall–Kier alpha value is -5.04. The highest BCUT2D eigenvalue weighted by Gasteiger charge is 2.16. The minimum absolute atomic E-state index is 0.0342. The summed E-state index contributed by atoms with van der Waals surface area (Å²) < 4.78 is 11.6. The van der Waals surface area contributed by atoms with E-state index in [9.17, 15) is 9.59 Å². The molecule has 0 fully saturated rings. The monoisotopic (exact) mass is 728 g/mol. The lowest BCUT2D eigenvalue weighted by atomic mass is 10.1. The molecule has 0 bridgehead atoms. The molecule has 0 radical (unpaired) electrons. The minimum Gasteiger partial charge on any atom is -0.467 e. The molecule has 0 atom stereocenters. The van der Waals surface area contributed by atoms with Gasteiger partial charge in [-0.1, -0.05) is 104 Å². The van der Waals surface area contributed by atoms with Gasteiger partial charge in [-0.05, 0) is 24.0 Å². The van der Waals surface area contributed by atoms with Gasteiger partial charge >= 0.3 is 12.0 Å². The predicted octanol–water partition coefficient (Wildman–Crippen LogP) is 6.03. The van der Waals surface area contributed by atoms with E-state index in [1.807, 2.05) is 64.1 Å². The molecule has 0 aliphatic heterocycles. The maximum Gasteiger partial charge on any atom is 0.318 e. The van der Waals surface area contributed by atoms with Gasteiger partial charge in [0.15, 0.2) is 11.3 Å². The van der Waals surface area contributed by atoms with Crippen molar-refractivity contribution in [2.75, 3.05) is 19.5 Å². The first kappa shape index (κ1) is 36.8. The van der Waals surface area contributed by atoms with Crippen LogP contribution in [0.4, 0.5) is 0 Å². The van der Waals surface area contributed by atoms with E-state index in [-0.39, 0.29) is 35.0 Å². The molecule has 1 N–H and O–H groups in total. The standard InChI is InChI=1S/C18H20N4O2.C10H12N4O2.C8H9Br/c1-12(2)15-17(23)22(10-9-13-7-5-4-6-8-13)16-14(20-15)11-19-18(21-16)24-3;1-5(2)7-9(15)13-8-6(12-7)4-11-10(14-8)16-3;9-7-6-8-4-2-1-3-5-8/h4-8,11-12H,9-10H2,1-3H3;4-5H,1-3H3,(H,11,13,14,15);1-5H,6-7H2. The SMILES string of the molecule is BrCCc1ccccc1.COc1ncc2nc(C(C)C)c(=O)[nH]c2n1.COc1ncc2nc(C(C)C)c(=O)n(CCc3ccccc3)c2n1. The third kappa shape index (κ3) is 9.99. The van der Waals surface area contributed by atoms with Crippen molar-refractivity contribution < 1.29 is 9.47 Å². The van der Waals surface area contributed by atoms with Gasteiger partial charge in [-0.15, -0.1) is 0 Å². The van der Waals surface area contributed by atoms with Gasteiger partial charge < -0.3 is 14.5 Å². The van der Waals surface area contributed by atoms with Gasteiger partial charge in [0.25, 0.3) is 11.1 Å². The molecular weight excluding hydrogens is 688 g/mol. The van der Waals surface area contributed by atoms with E-state index in [0.717, 1.165) is 18.2 Å². The fourth-order valence-corrected chi connectivity index (χ4v) is 5.19. The topological polar surface area (TPSA) is 151 Å². The highest BCUT2D eigenvalue weighted by atomic mass is 79.9. The molecule has 4 aromatic heterocycles. The smallest absolute Gasteiger partial charge is 0.318 e. The van der Waals surface area contributed by atoms with E-state index in [1.165, 1.54) is 31.5 Å². The molecule has 4 heterocycles. The molecule has 0 spiro atoms. The Bertz CT molecular complexity index is 2070. The Kier molecular flexibility index (Phi) is 13.5. The highest BCUT2D eigenvalue weighted by molar-refractivity contribution is 9.09. The lowest BCUT2D eigenvalue weighted by molar-refractivity contribution is 0.380. The van der Waals surface area contributed by atoms with Crippen LogP contribution in [0, 0.1) is 0 Å². The fraction of sp³-hybridized carbons (Fsp3) is 0.333. The summed E-state index contributed by atoms with van der Waals surface area (Å²) in [6.45, 7) is 8.27. The molecule has 12 nitrogen and oxygen atoms in total. The van der Waals surface area contributed by atoms with Crippen molar-refractivity contribution in [1.29, 1.82) is 0 Å². The summed E-state index contributed by atoms with van der Waals surface area (Å²) in [7, 11) is 2.97. The highest BCUT2D eigenvalue weighted by Crippen LogP contribution is 2.16. The predicted molar refractivity (Wildman–Crippen MR) is 195 cm³/mol. The van der Waals surface area contributed by atoms with Crippen LogP contribution in [0.3, 0.4) is 0 Å². The summed E-state index contributed by atoms with van der Waals surface area (Å²) in [5.41, 5.74) is 5.32. The lowest BCUT2D eigenvalue weighted by Crippen LogP contribution is -2.28. The van der Waals surface area contributed by atoms with E-state index < -0.39 is 0 Å². The Morgan fingerprint density at radius 3 is 1.80 bits per heavy atom. The molecule has 6 aromatic rings. The molecule has 13 heteroatoms. The van der Waals surface area contributed by atoms with Crippen LogP contribution in [0.15, 0.2) is 82.6 Å². The molecule has 2 aromatic carbocycles. The zero-order valence-electron chi connectivity index (χ0n) is 28.6. The van der Waals surface area contributed by atoms with E-state index in [4.69, 9.17) is 9.47 Å². The Morgan fingerprint density at radius 2 is 1.24 bits per heavy atom. The average Bonchev–Trinajstić information content (AvgIpc) is 3.11. The molecule has 256 valence electrons. The first-order valence-electron chi connectivity index (χ1n) is 15.9. The zero-order valence-corrected chi connectivity index (χ0v) is 30.1. The summed E-state index contributed by atoms with van der Waals surface area (Å²) in [6.07, 6.45) is 5.00. The van der Waals surface area contributed by atoms with Crippen LogP contribution in [0.25, 0.3) is 22.3 Å². The number of benzene rings is 2. The van der Waals surface area contributed by atoms with E-state index in [2.05, 4.69) is 75.1 Å². The number of alkyl halides is 1. The van der Waals surface area contributed by atoms with Crippen LogP contribution in [-0.4, -0.2) is 59.0 Å². The van der Waals surface area contributed by atoms with Crippen LogP contribution in [0.5, 0.6) is 12.0 Å². The van der Waals surface area contributed by atoms with Gasteiger partial charge in [0.2, 0.25) is 0 Å². The number of fused-ring (bicyclic) bond motifs is 2. The van der Waals surface area contributed by atoms with Crippen molar-refractivity contribution in [2.45, 2.75) is 58.9 Å². The number of ether oxygens (including phenoxy) is 2. The Morgan fingerprint density at radius 1 is 0.714 bits per heavy atom. The van der Waals surface area contributed by atoms with Crippen LogP contribution in [0.2, 0.25) is 0 Å². The van der Waals surface area contributed by atoms with E-state index >= 15 is 0 Å². The number of aromatic nitrogens is 8. The van der Waals surface area contributed by atoms with Crippen molar-refractivity contribution in [3.63, 3.8) is 0 Å². The number of hydrogen-bond acceptors (Lipinski definition) is 10. The third-order valence-corrected chi connectivity index (χ3v) is 7.69. The van der Waals surface area contributed by atoms with Gasteiger partial charge in [0.1, 0.15) is 22.4 Å². The van der Waals surface area contributed by atoms with Gasteiger partial charge in [-0.25, -0.2) is 19.9 Å². The quantitative estimate of drug-likeness (QED) is 0.175. The Labute approximate surface area is 293 Å². The molecule has 0 saturated heterocycles. The average molecular weight is 730 g/mol. The number of nitrogens with zero attached hydrogens (tertiary/aromatic N) is 7. The van der Waals surface area contributed by atoms with Gasteiger partial charge in [-0.3, -0.25) is 14.2 Å². The summed E-state index contributed by atoms with van der Waals surface area (Å²) in [6, 6.07) is 21.0. The number of rotatable bonds is 9. The van der Waals surface area contributed by atoms with Crippen LogP contribution < -0.4 is 20.6 Å². The number of H-pyrrole nitrogens is 1. The number of nitrogens with one attached hydrogen (secondary N) is 1. The first-order valence-corrected chi connectivity index (χ1v) is 17.0. The Balaban J connectivity index is 0.000000185. The van der Waals surface area contributed by atoms with Gasteiger partial charge in [0.05, 0.1) is 26.6 Å². The molecule has 0 saturated carbocycles. The first-order chi connectivity index (χ1) is 23.6. The lowest BCUT2D eigenvalue weighted by Gasteiger charge is -2.13. The van der Waals surface area contributed by atoms with Crippen molar-refractivity contribution >= 4 is 38.3 Å². The second-order valence-electron chi connectivity index (χ2n) is 11.5. The second kappa shape index (κ2) is 17.9. The maximum atomic E-state index is 12.8. The summed E-state index contributed by atoms with van der Waals surface area (Å²) in [5, 5.41) is 1.05. The molecule has 6 rings (SSSR count). The number of halogens is 1. The number of aryl methyl sites for hydroxylation is 3. The third-order valence-electron chi connectivity index (χ3n) is 7.29. The molecule has 0 amide bonds. The minimum atomic E-state index is -0.219. The maximum absolute atomic E-state index is 12.8. The van der Waals surface area contributed by atoms with Crippen molar-refractivity contribution in [1.82, 2.24) is 39.5 Å². The van der Waals surface area contributed by atoms with Gasteiger partial charge in [-0.2, -0.15) is 9.97 Å². The summed E-state index contributed by atoms with van der Waals surface area (Å²) >= 11 is 3.39.